The van der Waals surface area contributed by atoms with Gasteiger partial charge in [-0.25, -0.2) is 8.80 Å². The summed E-state index contributed by atoms with van der Waals surface area (Å²) in [7, 11) is 0. The Morgan fingerprint density at radius 2 is 0.923 bits per heavy atom. The Morgan fingerprint density at radius 3 is 1.29 bits per heavy atom. The van der Waals surface area contributed by atoms with Gasteiger partial charge in [-0.3, -0.25) is 10.8 Å². The maximum atomic E-state index is 9.37. The lowest BCUT2D eigenvalue weighted by molar-refractivity contribution is 0.768. The highest BCUT2D eigenvalue weighted by Gasteiger charge is 2.47. The van der Waals surface area contributed by atoms with Crippen molar-refractivity contribution < 1.29 is 0 Å². The van der Waals surface area contributed by atoms with Gasteiger partial charge in [-0.2, -0.15) is 21.0 Å². The third-order valence-electron chi connectivity index (χ3n) is 11.6. The van der Waals surface area contributed by atoms with Crippen LogP contribution in [0.2, 0.25) is 0 Å². The molecular formula is C53H30N8S4. The third kappa shape index (κ3) is 7.28. The van der Waals surface area contributed by atoms with Crippen LogP contribution in [-0.4, -0.2) is 22.8 Å². The molecule has 306 valence electrons. The number of nitrogens with one attached hydrogen (secondary N) is 2. The van der Waals surface area contributed by atoms with Crippen LogP contribution in [0.1, 0.15) is 33.4 Å². The Labute approximate surface area is 392 Å². The molecule has 2 aromatic heterocycles. The van der Waals surface area contributed by atoms with Crippen molar-refractivity contribution in [3.8, 4) is 35.4 Å². The van der Waals surface area contributed by atoms with Crippen molar-refractivity contribution in [3.05, 3.63) is 208 Å². The van der Waals surface area contributed by atoms with Crippen molar-refractivity contribution in [2.24, 2.45) is 8.80 Å². The SMILES string of the molecule is N#CC(C#N)=c1cc/c(=C\C2=CC=C(c3ccc4c(c3)C(c3ccccc3)(c3ccccc3)c3cc(C5=CC=C(/C=c6\ccc(=C(C#N)C#N)s6)C(=N)/C5=N\S)ccc3-4)/C(=N/S)C2=N)s1. The van der Waals surface area contributed by atoms with Crippen molar-refractivity contribution >= 4 is 106 Å². The molecule has 2 N–H and O–H groups in total. The first-order valence-corrected chi connectivity index (χ1v) is 22.3. The first-order valence-electron chi connectivity index (χ1n) is 19.9. The fourth-order valence-corrected chi connectivity index (χ4v) is 10.9. The van der Waals surface area contributed by atoms with Crippen LogP contribution in [0.3, 0.4) is 0 Å². The van der Waals surface area contributed by atoms with E-state index in [9.17, 15) is 31.9 Å². The number of allylic oxidation sites excluding steroid dienone is 8. The largest absolute Gasteiger partial charge is 0.298 e. The second kappa shape index (κ2) is 17.7. The van der Waals surface area contributed by atoms with Crippen molar-refractivity contribution in [1.29, 1.82) is 31.9 Å². The van der Waals surface area contributed by atoms with Gasteiger partial charge in [-0.1, -0.05) is 109 Å². The minimum absolute atomic E-state index is 0.0436. The molecule has 0 fully saturated rings. The van der Waals surface area contributed by atoms with E-state index in [0.717, 1.165) is 64.7 Å². The Kier molecular flexibility index (Phi) is 11.5. The minimum Gasteiger partial charge on any atom is -0.298 e. The zero-order valence-electron chi connectivity index (χ0n) is 33.9. The zero-order valence-corrected chi connectivity index (χ0v) is 37.3. The highest BCUT2D eigenvalue weighted by Crippen LogP contribution is 2.57. The van der Waals surface area contributed by atoms with E-state index in [1.807, 2.05) is 85.0 Å². The Bertz CT molecular complexity index is 3420. The molecule has 0 saturated heterocycles. The highest BCUT2D eigenvalue weighted by molar-refractivity contribution is 7.79. The summed E-state index contributed by atoms with van der Waals surface area (Å²) in [4.78, 5) is 0. The Morgan fingerprint density at radius 1 is 0.523 bits per heavy atom. The lowest BCUT2D eigenvalue weighted by Crippen LogP contribution is -2.29. The predicted octanol–water partition coefficient (Wildman–Crippen LogP) is 8.79. The molecule has 12 heteroatoms. The number of rotatable bonds is 6. The summed E-state index contributed by atoms with van der Waals surface area (Å²) >= 11 is 11.4. The maximum absolute atomic E-state index is 9.37. The van der Waals surface area contributed by atoms with Gasteiger partial charge in [0.05, 0.1) is 25.9 Å². The Balaban J connectivity index is 1.21. The molecule has 8 nitrogen and oxygen atoms in total. The van der Waals surface area contributed by atoms with Crippen LogP contribution in [0, 0.1) is 56.1 Å². The van der Waals surface area contributed by atoms with E-state index < -0.39 is 5.41 Å². The number of thiol groups is 2. The first kappa shape index (κ1) is 42.4. The second-order valence-corrected chi connectivity index (χ2v) is 17.6. The molecule has 0 aliphatic heterocycles. The molecule has 2 heterocycles. The second-order valence-electron chi connectivity index (χ2n) is 14.9. The van der Waals surface area contributed by atoms with Crippen LogP contribution in [0.5, 0.6) is 0 Å². The smallest absolute Gasteiger partial charge is 0.146 e. The van der Waals surface area contributed by atoms with E-state index in [-0.39, 0.29) is 22.6 Å². The highest BCUT2D eigenvalue weighted by atomic mass is 32.1. The summed E-state index contributed by atoms with van der Waals surface area (Å²) in [6.45, 7) is 0. The average molecular weight is 907 g/mol. The normalized spacial score (nSPS) is 16.6. The van der Waals surface area contributed by atoms with Gasteiger partial charge in [0.2, 0.25) is 0 Å². The molecule has 0 radical (unpaired) electrons. The molecule has 0 amide bonds. The topological polar surface area (TPSA) is 168 Å². The van der Waals surface area contributed by atoms with Crippen LogP contribution in [-0.2, 0) is 5.41 Å². The number of benzene rings is 4. The molecule has 4 aromatic carbocycles. The van der Waals surface area contributed by atoms with E-state index in [4.69, 9.17) is 0 Å². The molecule has 3 aliphatic rings. The molecule has 0 bridgehead atoms. The van der Waals surface area contributed by atoms with Gasteiger partial charge in [0.25, 0.3) is 0 Å². The Hall–Kier alpha value is -7.94. The number of hydrogen-bond acceptors (Lipinski definition) is 12. The van der Waals surface area contributed by atoms with Gasteiger partial charge in [-0.15, -0.1) is 22.7 Å². The summed E-state index contributed by atoms with van der Waals surface area (Å²) < 4.78 is 11.4. The van der Waals surface area contributed by atoms with E-state index in [0.29, 0.717) is 31.6 Å². The quantitative estimate of drug-likeness (QED) is 0.0968. The summed E-state index contributed by atoms with van der Waals surface area (Å²) in [5.41, 5.74) is 11.2. The maximum Gasteiger partial charge on any atom is 0.146 e. The van der Waals surface area contributed by atoms with Crippen LogP contribution in [0.25, 0.3) is 45.6 Å². The molecule has 9 rings (SSSR count). The fraction of sp³-hybridized carbons (Fsp3) is 0.0189. The standard InChI is InChI=1S/C53H30N8S4/c54-27-35(28-55)47-21-15-39(64-47)23-33-13-17-41(51(60-62)49(33)58)31-11-19-43-44-20-12-32(26-46(44)53(45(43)25-31,37-7-3-1-4-8-37)38-9-5-2-6-10-38)42-18-14-34(50(59)52(42)61-63)24-40-16-22-48(65-40)36(29-56)30-57/h1-26,58-59,62-63H/b39-23+,40-24+,58-49?,59-50?,60-51-,61-52-. The fourth-order valence-electron chi connectivity index (χ4n) is 8.66. The zero-order chi connectivity index (χ0) is 45.2. The first-order chi connectivity index (χ1) is 31.8. The molecule has 0 atom stereocenters. The van der Waals surface area contributed by atoms with Crippen molar-refractivity contribution in [1.82, 2.24) is 0 Å². The van der Waals surface area contributed by atoms with Crippen LogP contribution < -0.4 is 18.1 Å². The monoisotopic (exact) mass is 906 g/mol. The van der Waals surface area contributed by atoms with Gasteiger partial charge in [0.15, 0.2) is 0 Å². The number of fused-ring (bicyclic) bond motifs is 3. The van der Waals surface area contributed by atoms with Gasteiger partial charge in [0, 0.05) is 31.4 Å². The van der Waals surface area contributed by atoms with E-state index in [1.54, 1.807) is 12.1 Å². The van der Waals surface area contributed by atoms with Crippen LogP contribution in [0.15, 0.2) is 166 Å². The van der Waals surface area contributed by atoms with Gasteiger partial charge >= 0.3 is 0 Å². The molecule has 0 unspecified atom stereocenters. The van der Waals surface area contributed by atoms with E-state index in [2.05, 4.69) is 119 Å². The van der Waals surface area contributed by atoms with Gasteiger partial charge in [-0.05, 0) is 119 Å². The summed E-state index contributed by atoms with van der Waals surface area (Å²) in [6.07, 6.45) is 11.4. The number of nitrogens with zero attached hydrogens (tertiary/aromatic N) is 6. The molecule has 0 spiro atoms. The molecule has 0 saturated carbocycles. The average Bonchev–Trinajstić information content (AvgIpc) is 4.08. The number of nitriles is 4. The van der Waals surface area contributed by atoms with Crippen molar-refractivity contribution in [3.63, 3.8) is 0 Å². The molecule has 65 heavy (non-hydrogen) atoms. The lowest BCUT2D eigenvalue weighted by atomic mass is 9.67. The summed E-state index contributed by atoms with van der Waals surface area (Å²) in [6, 6.07) is 48.6. The summed E-state index contributed by atoms with van der Waals surface area (Å²) in [5, 5.41) is 56.0. The van der Waals surface area contributed by atoms with Crippen LogP contribution >= 0.6 is 48.3 Å². The third-order valence-corrected chi connectivity index (χ3v) is 14.1. The lowest BCUT2D eigenvalue weighted by Gasteiger charge is -2.34. The summed E-state index contributed by atoms with van der Waals surface area (Å²) in [5.74, 6) is 0. The van der Waals surface area contributed by atoms with Gasteiger partial charge in [0.1, 0.15) is 46.8 Å². The number of hydrogen-bond donors (Lipinski definition) is 4. The minimum atomic E-state index is -0.802. The molecule has 6 aromatic rings. The molecular weight excluding hydrogens is 877 g/mol. The molecule has 3 aliphatic carbocycles. The van der Waals surface area contributed by atoms with Gasteiger partial charge < -0.3 is 0 Å². The van der Waals surface area contributed by atoms with Crippen LogP contribution in [0.4, 0.5) is 0 Å². The predicted molar refractivity (Wildman–Crippen MR) is 269 cm³/mol. The van der Waals surface area contributed by atoms with E-state index >= 15 is 0 Å². The van der Waals surface area contributed by atoms with Crippen molar-refractivity contribution in [2.75, 3.05) is 0 Å². The van der Waals surface area contributed by atoms with Crippen molar-refractivity contribution in [2.45, 2.75) is 5.41 Å². The van der Waals surface area contributed by atoms with E-state index in [1.165, 1.54) is 22.7 Å². The number of thiophene rings is 2.